The molecule has 1 atom stereocenters. The highest BCUT2D eigenvalue weighted by Gasteiger charge is 2.25. The van der Waals surface area contributed by atoms with Crippen LogP contribution in [0.15, 0.2) is 30.3 Å². The summed E-state index contributed by atoms with van der Waals surface area (Å²) in [4.78, 5) is 12.2. The zero-order valence-electron chi connectivity index (χ0n) is 12.6. The van der Waals surface area contributed by atoms with E-state index in [4.69, 9.17) is 0 Å². The second-order valence-corrected chi connectivity index (χ2v) is 6.47. The zero-order valence-corrected chi connectivity index (χ0v) is 13.4. The fraction of sp³-hybridized carbons (Fsp3) is 0.562. The lowest BCUT2D eigenvalue weighted by molar-refractivity contribution is -0.922. The van der Waals surface area contributed by atoms with Crippen LogP contribution in [0.2, 0.25) is 0 Å². The molecule has 0 aliphatic rings. The quantitative estimate of drug-likeness (QED) is 0.706. The fourth-order valence-electron chi connectivity index (χ4n) is 2.47. The minimum atomic E-state index is 0.189. The van der Waals surface area contributed by atoms with Crippen LogP contribution in [0.5, 0.6) is 0 Å². The van der Waals surface area contributed by atoms with Crippen molar-refractivity contribution >= 4 is 16.9 Å². The van der Waals surface area contributed by atoms with Gasteiger partial charge >= 0.3 is 0 Å². The minimum Gasteiger partial charge on any atom is -0.323 e. The van der Waals surface area contributed by atoms with Gasteiger partial charge < -0.3 is 4.48 Å². The minimum absolute atomic E-state index is 0.189. The third-order valence-electron chi connectivity index (χ3n) is 3.97. The number of hydrogen-bond acceptors (Lipinski definition) is 2. The Balaban J connectivity index is 2.60. The first-order valence-corrected chi connectivity index (χ1v) is 8.06. The van der Waals surface area contributed by atoms with E-state index in [2.05, 4.69) is 27.7 Å². The maximum atomic E-state index is 12.2. The molecule has 0 aliphatic carbocycles. The normalized spacial score (nSPS) is 13.3. The van der Waals surface area contributed by atoms with Gasteiger partial charge in [0, 0.05) is 5.56 Å². The van der Waals surface area contributed by atoms with Crippen molar-refractivity contribution in [3.63, 3.8) is 0 Å². The van der Waals surface area contributed by atoms with Gasteiger partial charge in [0.25, 0.3) is 0 Å². The highest BCUT2D eigenvalue weighted by atomic mass is 32.2. The third kappa shape index (κ3) is 4.66. The summed E-state index contributed by atoms with van der Waals surface area (Å²) >= 11 is 1.47. The van der Waals surface area contributed by atoms with Gasteiger partial charge in [0.2, 0.25) is 5.12 Å². The van der Waals surface area contributed by atoms with Crippen molar-refractivity contribution in [2.45, 2.75) is 32.9 Å². The average molecular weight is 280 g/mol. The third-order valence-corrected chi connectivity index (χ3v) is 4.98. The predicted molar refractivity (Wildman–Crippen MR) is 84.6 cm³/mol. The summed E-state index contributed by atoms with van der Waals surface area (Å²) < 4.78 is 1.09. The average Bonchev–Trinajstić information content (AvgIpc) is 2.46. The lowest BCUT2D eigenvalue weighted by Crippen LogP contribution is -2.50. The number of benzene rings is 1. The Labute approximate surface area is 121 Å². The summed E-state index contributed by atoms with van der Waals surface area (Å²) in [5, 5.41) is 0.544. The number of thioether (sulfide) groups is 1. The Morgan fingerprint density at radius 1 is 1.11 bits per heavy atom. The molecule has 0 heterocycles. The molecule has 1 aromatic carbocycles. The van der Waals surface area contributed by atoms with Crippen molar-refractivity contribution in [2.24, 2.45) is 0 Å². The maximum absolute atomic E-state index is 12.2. The Morgan fingerprint density at radius 2 is 1.63 bits per heavy atom. The van der Waals surface area contributed by atoms with Gasteiger partial charge in [-0.25, -0.2) is 0 Å². The first-order valence-electron chi connectivity index (χ1n) is 7.18. The van der Waals surface area contributed by atoms with Crippen molar-refractivity contribution in [1.82, 2.24) is 0 Å². The molecule has 1 aromatic rings. The van der Waals surface area contributed by atoms with E-state index in [1.165, 1.54) is 11.8 Å². The lowest BCUT2D eigenvalue weighted by atomic mass is 10.2. The summed E-state index contributed by atoms with van der Waals surface area (Å²) in [6.45, 7) is 13.4. The molecule has 0 amide bonds. The van der Waals surface area contributed by atoms with Crippen molar-refractivity contribution in [2.75, 3.05) is 26.2 Å². The van der Waals surface area contributed by atoms with Crippen LogP contribution in [0, 0.1) is 0 Å². The van der Waals surface area contributed by atoms with E-state index in [1.807, 2.05) is 30.3 Å². The van der Waals surface area contributed by atoms with Crippen LogP contribution in [0.25, 0.3) is 0 Å². The monoisotopic (exact) mass is 280 g/mol. The molecule has 0 saturated carbocycles. The molecular formula is C16H26NOS+. The number of carbonyl (C=O) groups excluding carboxylic acids is 1. The highest BCUT2D eigenvalue weighted by molar-refractivity contribution is 8.14. The molecule has 0 N–H and O–H groups in total. The first-order chi connectivity index (χ1) is 9.06. The summed E-state index contributed by atoms with van der Waals surface area (Å²) in [5.41, 5.74) is 0.807. The molecule has 0 aromatic heterocycles. The molecule has 106 valence electrons. The van der Waals surface area contributed by atoms with Crippen LogP contribution in [-0.4, -0.2) is 41.0 Å². The molecule has 0 bridgehead atoms. The molecule has 0 aliphatic heterocycles. The predicted octanol–water partition coefficient (Wildman–Crippen LogP) is 3.83. The van der Waals surface area contributed by atoms with Gasteiger partial charge in [0.1, 0.15) is 0 Å². The maximum Gasteiger partial charge on any atom is 0.219 e. The van der Waals surface area contributed by atoms with E-state index in [0.29, 0.717) is 5.25 Å². The molecule has 0 radical (unpaired) electrons. The summed E-state index contributed by atoms with van der Waals surface area (Å²) in [7, 11) is 0. The van der Waals surface area contributed by atoms with Crippen LogP contribution in [0.3, 0.4) is 0 Å². The van der Waals surface area contributed by atoms with E-state index >= 15 is 0 Å². The Morgan fingerprint density at radius 3 is 2.11 bits per heavy atom. The molecule has 19 heavy (non-hydrogen) atoms. The largest absolute Gasteiger partial charge is 0.323 e. The Kier molecular flexibility index (Phi) is 6.59. The molecular weight excluding hydrogens is 254 g/mol. The summed E-state index contributed by atoms with van der Waals surface area (Å²) in [5.74, 6) is 0. The first kappa shape index (κ1) is 16.3. The second kappa shape index (κ2) is 7.71. The van der Waals surface area contributed by atoms with E-state index < -0.39 is 0 Å². The van der Waals surface area contributed by atoms with Crippen LogP contribution < -0.4 is 0 Å². The van der Waals surface area contributed by atoms with E-state index in [0.717, 1.165) is 36.2 Å². The number of quaternary nitrogens is 1. The van der Waals surface area contributed by atoms with Crippen molar-refractivity contribution < 1.29 is 9.28 Å². The lowest BCUT2D eigenvalue weighted by Gasteiger charge is -2.37. The zero-order chi connectivity index (χ0) is 14.3. The number of hydrogen-bond donors (Lipinski definition) is 0. The molecule has 3 heteroatoms. The second-order valence-electron chi connectivity index (χ2n) is 5.05. The van der Waals surface area contributed by atoms with Crippen LogP contribution in [0.1, 0.15) is 38.1 Å². The highest BCUT2D eigenvalue weighted by Crippen LogP contribution is 2.21. The molecule has 0 spiro atoms. The van der Waals surface area contributed by atoms with Crippen molar-refractivity contribution in [3.8, 4) is 0 Å². The molecule has 2 nitrogen and oxygen atoms in total. The number of nitrogens with zero attached hydrogens (tertiary/aromatic N) is 1. The Bertz CT molecular complexity index is 379. The van der Waals surface area contributed by atoms with Gasteiger partial charge in [-0.05, 0) is 27.7 Å². The van der Waals surface area contributed by atoms with Gasteiger partial charge in [-0.15, -0.1) is 0 Å². The molecule has 0 saturated heterocycles. The van der Waals surface area contributed by atoms with E-state index in [-0.39, 0.29) is 5.12 Å². The summed E-state index contributed by atoms with van der Waals surface area (Å²) in [6.07, 6.45) is 0. The van der Waals surface area contributed by atoms with E-state index in [9.17, 15) is 4.79 Å². The van der Waals surface area contributed by atoms with Crippen molar-refractivity contribution in [1.29, 1.82) is 0 Å². The molecule has 0 fully saturated rings. The van der Waals surface area contributed by atoms with Gasteiger partial charge in [0.15, 0.2) is 0 Å². The van der Waals surface area contributed by atoms with Gasteiger partial charge in [0.05, 0.1) is 31.4 Å². The van der Waals surface area contributed by atoms with Crippen LogP contribution >= 0.6 is 11.8 Å². The topological polar surface area (TPSA) is 17.1 Å². The van der Waals surface area contributed by atoms with Gasteiger partial charge in [-0.2, -0.15) is 0 Å². The Hall–Kier alpha value is -0.800. The molecule has 1 unspecified atom stereocenters. The van der Waals surface area contributed by atoms with E-state index in [1.54, 1.807) is 0 Å². The van der Waals surface area contributed by atoms with Gasteiger partial charge in [-0.3, -0.25) is 4.79 Å². The van der Waals surface area contributed by atoms with Gasteiger partial charge in [-0.1, -0.05) is 42.1 Å². The number of carbonyl (C=O) groups is 1. The molecule has 1 rings (SSSR count). The van der Waals surface area contributed by atoms with Crippen molar-refractivity contribution in [3.05, 3.63) is 35.9 Å². The SMILES string of the molecule is CC[N+](CC)(CC)CC(C)SC(=O)c1ccccc1. The van der Waals surface area contributed by atoms with Crippen LogP contribution in [-0.2, 0) is 0 Å². The van der Waals surface area contributed by atoms with Crippen LogP contribution in [0.4, 0.5) is 0 Å². The fourth-order valence-corrected chi connectivity index (χ4v) is 3.49. The smallest absolute Gasteiger partial charge is 0.219 e. The number of rotatable bonds is 7. The standard InChI is InChI=1S/C16H26NOS/c1-5-17(6-2,7-3)13-14(4)19-16(18)15-11-9-8-10-12-15/h8-12,14H,5-7,13H2,1-4H3/q+1. The summed E-state index contributed by atoms with van der Waals surface area (Å²) in [6, 6.07) is 9.57.